The molecule has 3 N–H and O–H groups in total. The van der Waals surface area contributed by atoms with Gasteiger partial charge in [-0.15, -0.1) is 5.10 Å². The minimum Gasteiger partial charge on any atom is -0.494 e. The van der Waals surface area contributed by atoms with Gasteiger partial charge in [0, 0.05) is 18.8 Å². The van der Waals surface area contributed by atoms with E-state index in [2.05, 4.69) is 20.9 Å². The van der Waals surface area contributed by atoms with Crippen LogP contribution in [-0.2, 0) is 25.8 Å². The highest BCUT2D eigenvalue weighted by Gasteiger charge is 2.79. The van der Waals surface area contributed by atoms with Crippen LogP contribution in [0.1, 0.15) is 52.9 Å². The molecule has 3 amide bonds. The Balaban J connectivity index is 1.28. The molecule has 2 bridgehead atoms. The number of unbranched alkanes of at least 4 members (excludes halogenated alkanes) is 3. The van der Waals surface area contributed by atoms with Gasteiger partial charge in [-0.2, -0.15) is 0 Å². The van der Waals surface area contributed by atoms with Crippen molar-refractivity contribution in [1.29, 1.82) is 0 Å². The number of aliphatic hydroxyl groups excluding tert-OH is 1. The highest BCUT2D eigenvalue weighted by molar-refractivity contribution is 6.02. The van der Waals surface area contributed by atoms with Crippen LogP contribution in [0.4, 0.5) is 5.69 Å². The number of aromatic nitrogens is 3. The Labute approximate surface area is 262 Å². The van der Waals surface area contributed by atoms with Crippen molar-refractivity contribution in [2.24, 2.45) is 17.8 Å². The lowest BCUT2D eigenvalue weighted by Crippen LogP contribution is -2.56. The number of fused-ring (bicyclic) bond motifs is 2. The second-order valence-electron chi connectivity index (χ2n) is 12.6. The van der Waals surface area contributed by atoms with Crippen molar-refractivity contribution in [3.05, 3.63) is 48.5 Å². The highest BCUT2D eigenvalue weighted by atomic mass is 16.5. The number of carbonyl (C=O) groups excluding carboxylic acids is 3. The largest absolute Gasteiger partial charge is 0.494 e. The molecular weight excluding hydrogens is 576 g/mol. The number of para-hydroxylation sites is 1. The molecule has 0 saturated carbocycles. The number of ether oxygens (including phenoxy) is 2. The van der Waals surface area contributed by atoms with Gasteiger partial charge in [-0.3, -0.25) is 14.4 Å². The number of benzene rings is 2. The number of anilines is 1. The average molecular weight is 619 g/mol. The lowest BCUT2D eigenvalue weighted by Gasteiger charge is -2.36. The van der Waals surface area contributed by atoms with Gasteiger partial charge < -0.3 is 30.1 Å². The molecule has 0 aliphatic carbocycles. The summed E-state index contributed by atoms with van der Waals surface area (Å²) in [7, 11) is 0. The summed E-state index contributed by atoms with van der Waals surface area (Å²) >= 11 is 0. The quantitative estimate of drug-likeness (QED) is 0.248. The molecule has 12 heteroatoms. The van der Waals surface area contributed by atoms with E-state index in [1.807, 2.05) is 45.0 Å². The minimum absolute atomic E-state index is 0.0725. The van der Waals surface area contributed by atoms with Crippen LogP contribution in [0.5, 0.6) is 5.75 Å². The predicted octanol–water partition coefficient (Wildman–Crippen LogP) is 3.11. The van der Waals surface area contributed by atoms with Crippen molar-refractivity contribution in [3.8, 4) is 5.75 Å². The van der Waals surface area contributed by atoms with E-state index >= 15 is 0 Å². The van der Waals surface area contributed by atoms with E-state index in [-0.39, 0.29) is 36.9 Å². The molecule has 0 radical (unpaired) electrons. The number of likely N-dealkylation sites (tertiary alicyclic amines) is 1. The normalized spacial score (nSPS) is 28.4. The third-order valence-electron chi connectivity index (χ3n) is 9.91. The number of rotatable bonds is 13. The first-order valence-electron chi connectivity index (χ1n) is 15.9. The summed E-state index contributed by atoms with van der Waals surface area (Å²) in [4.78, 5) is 44.2. The number of hydrogen-bond acceptors (Lipinski definition) is 8. The maximum atomic E-state index is 14.3. The molecule has 6 atom stereocenters. The van der Waals surface area contributed by atoms with E-state index in [0.717, 1.165) is 18.4 Å². The van der Waals surface area contributed by atoms with E-state index in [0.29, 0.717) is 49.4 Å². The molecule has 6 rings (SSSR count). The Morgan fingerprint density at radius 3 is 2.60 bits per heavy atom. The number of nitrogens with one attached hydrogen (secondary N) is 2. The Bertz CT molecular complexity index is 1560. The first kappa shape index (κ1) is 31.0. The third kappa shape index (κ3) is 5.33. The second-order valence-corrected chi connectivity index (χ2v) is 12.6. The van der Waals surface area contributed by atoms with Crippen molar-refractivity contribution >= 4 is 34.4 Å². The fraction of sp³-hybridized carbons (Fsp3) is 0.545. The molecule has 3 aliphatic heterocycles. The van der Waals surface area contributed by atoms with Crippen LogP contribution < -0.4 is 15.4 Å². The molecule has 3 fully saturated rings. The summed E-state index contributed by atoms with van der Waals surface area (Å²) in [6.07, 6.45) is 3.46. The van der Waals surface area contributed by atoms with Crippen molar-refractivity contribution in [2.75, 3.05) is 25.1 Å². The van der Waals surface area contributed by atoms with Gasteiger partial charge in [0.05, 0.1) is 29.6 Å². The summed E-state index contributed by atoms with van der Waals surface area (Å²) in [5.41, 5.74) is 0.0149. The maximum Gasteiger partial charge on any atom is 0.247 e. The van der Waals surface area contributed by atoms with Gasteiger partial charge in [-0.1, -0.05) is 37.1 Å². The van der Waals surface area contributed by atoms with Gasteiger partial charge in [0.1, 0.15) is 29.6 Å². The van der Waals surface area contributed by atoms with E-state index in [1.165, 1.54) is 0 Å². The Morgan fingerprint density at radius 1 is 1.09 bits per heavy atom. The topological polar surface area (TPSA) is 148 Å². The van der Waals surface area contributed by atoms with Crippen LogP contribution in [0.2, 0.25) is 0 Å². The Kier molecular flexibility index (Phi) is 8.53. The molecule has 1 aromatic heterocycles. The molecule has 12 nitrogen and oxygen atoms in total. The number of nitrogens with zero attached hydrogens (tertiary/aromatic N) is 4. The average Bonchev–Trinajstić information content (AvgIpc) is 3.70. The van der Waals surface area contributed by atoms with E-state index in [4.69, 9.17) is 9.47 Å². The van der Waals surface area contributed by atoms with Crippen molar-refractivity contribution in [2.45, 2.75) is 76.8 Å². The molecule has 3 saturated heterocycles. The lowest BCUT2D eigenvalue weighted by molar-refractivity contribution is -0.146. The molecule has 4 heterocycles. The van der Waals surface area contributed by atoms with Gasteiger partial charge in [-0.25, -0.2) is 4.68 Å². The van der Waals surface area contributed by atoms with Crippen LogP contribution >= 0.6 is 0 Å². The van der Waals surface area contributed by atoms with Crippen molar-refractivity contribution < 1.29 is 29.0 Å². The molecular formula is C33H42N6O6. The number of amides is 3. The minimum atomic E-state index is -1.15. The SMILES string of the molecule is CCOc1ccc(NC(=O)[C@@H]2[C@H]3C(=O)N(CCCCCCO)C(C(=O)NCn4nnc5ccccc54)C34CC(C)[C@@]2(C)O4)cc1. The van der Waals surface area contributed by atoms with Crippen LogP contribution in [0.3, 0.4) is 0 Å². The molecule has 3 aromatic rings. The molecule has 45 heavy (non-hydrogen) atoms. The Hall–Kier alpha value is -4.03. The van der Waals surface area contributed by atoms with Crippen LogP contribution in [0, 0.1) is 17.8 Å². The van der Waals surface area contributed by atoms with Crippen LogP contribution in [0.25, 0.3) is 11.0 Å². The first-order chi connectivity index (χ1) is 21.7. The monoisotopic (exact) mass is 618 g/mol. The van der Waals surface area contributed by atoms with Crippen LogP contribution in [0.15, 0.2) is 48.5 Å². The zero-order valence-electron chi connectivity index (χ0n) is 26.1. The van der Waals surface area contributed by atoms with E-state index in [9.17, 15) is 19.5 Å². The number of hydrogen-bond donors (Lipinski definition) is 3. The summed E-state index contributed by atoms with van der Waals surface area (Å²) in [5, 5.41) is 23.6. The molecule has 3 aliphatic rings. The fourth-order valence-electron chi connectivity index (χ4n) is 7.73. The molecule has 1 spiro atoms. The van der Waals surface area contributed by atoms with E-state index < -0.39 is 29.1 Å². The van der Waals surface area contributed by atoms with Crippen molar-refractivity contribution in [1.82, 2.24) is 25.2 Å². The zero-order chi connectivity index (χ0) is 31.8. The van der Waals surface area contributed by atoms with Gasteiger partial charge in [0.2, 0.25) is 17.7 Å². The summed E-state index contributed by atoms with van der Waals surface area (Å²) < 4.78 is 14.0. The molecule has 2 aromatic carbocycles. The third-order valence-corrected chi connectivity index (χ3v) is 9.91. The summed E-state index contributed by atoms with van der Waals surface area (Å²) in [5.74, 6) is -1.83. The summed E-state index contributed by atoms with van der Waals surface area (Å²) in [6, 6.07) is 13.7. The smallest absolute Gasteiger partial charge is 0.247 e. The standard InChI is InChI=1S/C33H42N6O6/c1-4-44-23-15-13-22(14-16-23)35-29(41)26-27-31(43)38(17-9-5-6-10-18-40)28(33(27)19-21(2)32(26,3)45-33)30(42)34-20-39-25-12-8-7-11-24(25)36-37-39/h7-8,11-16,21,26-28,40H,4-6,9-10,17-20H2,1-3H3,(H,34,42)(H,35,41)/t21?,26-,27-,28?,32+,33?/m0/s1. The first-order valence-corrected chi connectivity index (χ1v) is 15.9. The van der Waals surface area contributed by atoms with Crippen LogP contribution in [-0.4, -0.2) is 79.7 Å². The zero-order valence-corrected chi connectivity index (χ0v) is 26.1. The fourth-order valence-corrected chi connectivity index (χ4v) is 7.73. The highest BCUT2D eigenvalue weighted by Crippen LogP contribution is 2.65. The van der Waals surface area contributed by atoms with Gasteiger partial charge in [-0.05, 0) is 75.4 Å². The maximum absolute atomic E-state index is 14.3. The van der Waals surface area contributed by atoms with Gasteiger partial charge >= 0.3 is 0 Å². The van der Waals surface area contributed by atoms with Gasteiger partial charge in [0.15, 0.2) is 0 Å². The number of carbonyl (C=O) groups is 3. The Morgan fingerprint density at radius 2 is 1.84 bits per heavy atom. The second kappa shape index (κ2) is 12.4. The predicted molar refractivity (Wildman–Crippen MR) is 166 cm³/mol. The van der Waals surface area contributed by atoms with Gasteiger partial charge in [0.25, 0.3) is 0 Å². The molecule has 3 unspecified atom stereocenters. The van der Waals surface area contributed by atoms with Crippen molar-refractivity contribution in [3.63, 3.8) is 0 Å². The van der Waals surface area contributed by atoms with E-state index in [1.54, 1.807) is 33.8 Å². The summed E-state index contributed by atoms with van der Waals surface area (Å²) in [6.45, 7) is 6.92. The number of aliphatic hydroxyl groups is 1. The molecule has 240 valence electrons. The lowest BCUT2D eigenvalue weighted by atomic mass is 9.62.